The van der Waals surface area contributed by atoms with Crippen LogP contribution in [0.3, 0.4) is 0 Å². The molecule has 1 heterocycles. The Morgan fingerprint density at radius 3 is 2.30 bits per heavy atom. The Hall–Kier alpha value is -1.29. The van der Waals surface area contributed by atoms with E-state index in [-0.39, 0.29) is 16.6 Å². The van der Waals surface area contributed by atoms with E-state index < -0.39 is 6.61 Å². The van der Waals surface area contributed by atoms with Crippen LogP contribution in [0.25, 0.3) is 10.8 Å². The lowest BCUT2D eigenvalue weighted by Gasteiger charge is -2.16. The largest absolute Gasteiger partial charge is 0.434 e. The van der Waals surface area contributed by atoms with Crippen LogP contribution in [0, 0.1) is 0 Å². The van der Waals surface area contributed by atoms with Gasteiger partial charge in [-0.1, -0.05) is 18.2 Å². The van der Waals surface area contributed by atoms with Gasteiger partial charge >= 0.3 is 6.61 Å². The van der Waals surface area contributed by atoms with E-state index in [1.54, 1.807) is 6.07 Å². The Morgan fingerprint density at radius 1 is 0.900 bits per heavy atom. The third kappa shape index (κ3) is 2.75. The molecule has 0 aromatic heterocycles. The fourth-order valence-electron chi connectivity index (χ4n) is 2.75. The van der Waals surface area contributed by atoms with E-state index in [2.05, 4.69) is 4.74 Å². The van der Waals surface area contributed by atoms with E-state index in [1.165, 1.54) is 35.7 Å². The summed E-state index contributed by atoms with van der Waals surface area (Å²) in [7, 11) is 0.253. The molecule has 3 rings (SSSR count). The summed E-state index contributed by atoms with van der Waals surface area (Å²) in [4.78, 5) is 1.31. The van der Waals surface area contributed by atoms with Crippen molar-refractivity contribution in [2.24, 2.45) is 0 Å². The van der Waals surface area contributed by atoms with E-state index in [9.17, 15) is 8.78 Å². The lowest BCUT2D eigenvalue weighted by Crippen LogP contribution is -2.18. The zero-order chi connectivity index (χ0) is 13.9. The minimum atomic E-state index is -2.78. The minimum absolute atomic E-state index is 0.253. The van der Waals surface area contributed by atoms with Gasteiger partial charge in [0.05, 0.1) is 0 Å². The zero-order valence-corrected chi connectivity index (χ0v) is 12.0. The lowest BCUT2D eigenvalue weighted by atomic mass is 10.1. The summed E-state index contributed by atoms with van der Waals surface area (Å²) in [6.45, 7) is -2.78. The average Bonchev–Trinajstić information content (AvgIpc) is 2.48. The highest BCUT2D eigenvalue weighted by Gasteiger charge is 2.27. The fraction of sp³-hybridized carbons (Fsp3) is 0.375. The van der Waals surface area contributed by atoms with Crippen molar-refractivity contribution in [2.75, 3.05) is 11.5 Å². The normalized spacial score (nSPS) is 16.8. The topological polar surface area (TPSA) is 9.23 Å². The number of fused-ring (bicyclic) bond motifs is 1. The molecular weight excluding hydrogens is 278 g/mol. The van der Waals surface area contributed by atoms with Crippen LogP contribution in [0.1, 0.15) is 19.3 Å². The van der Waals surface area contributed by atoms with Gasteiger partial charge in [-0.15, -0.1) is 0 Å². The van der Waals surface area contributed by atoms with Gasteiger partial charge in [0.25, 0.3) is 0 Å². The van der Waals surface area contributed by atoms with Crippen molar-refractivity contribution < 1.29 is 13.5 Å². The first kappa shape index (κ1) is 13.7. The van der Waals surface area contributed by atoms with E-state index >= 15 is 0 Å². The summed E-state index contributed by atoms with van der Waals surface area (Å²) >= 11 is 0. The zero-order valence-electron chi connectivity index (χ0n) is 11.1. The predicted molar refractivity (Wildman–Crippen MR) is 79.8 cm³/mol. The molecule has 0 aliphatic carbocycles. The van der Waals surface area contributed by atoms with Gasteiger partial charge in [0.2, 0.25) is 0 Å². The quantitative estimate of drug-likeness (QED) is 0.752. The predicted octanol–water partition coefficient (Wildman–Crippen LogP) is 4.60. The maximum absolute atomic E-state index is 12.5. The summed E-state index contributed by atoms with van der Waals surface area (Å²) in [5.74, 6) is 2.72. The number of hydrogen-bond acceptors (Lipinski definition) is 1. The number of rotatable bonds is 3. The van der Waals surface area contributed by atoms with Crippen molar-refractivity contribution in [2.45, 2.75) is 30.8 Å². The second-order valence-corrected chi connectivity index (χ2v) is 7.19. The molecule has 0 N–H and O–H groups in total. The Bertz CT molecular complexity index is 594. The molecule has 2 aromatic carbocycles. The molecule has 1 aliphatic rings. The highest BCUT2D eigenvalue weighted by molar-refractivity contribution is 7.97. The molecule has 0 unspecified atom stereocenters. The molecule has 0 saturated carbocycles. The van der Waals surface area contributed by atoms with E-state index in [0.717, 1.165) is 10.8 Å². The second kappa shape index (κ2) is 6.00. The van der Waals surface area contributed by atoms with Crippen molar-refractivity contribution >= 4 is 21.7 Å². The molecule has 1 aliphatic heterocycles. The monoisotopic (exact) mass is 295 g/mol. The SMILES string of the molecule is FC(F)Oc1ccc([S+]2CCCCC2)c2ccccc12. The molecule has 0 amide bonds. The third-order valence-corrected chi connectivity index (χ3v) is 6.19. The van der Waals surface area contributed by atoms with Crippen LogP contribution in [0.15, 0.2) is 41.3 Å². The fourth-order valence-corrected chi connectivity index (χ4v) is 5.24. The number of ether oxygens (including phenoxy) is 1. The minimum Gasteiger partial charge on any atom is -0.434 e. The van der Waals surface area contributed by atoms with Crippen molar-refractivity contribution in [3.63, 3.8) is 0 Å². The van der Waals surface area contributed by atoms with E-state index in [1.807, 2.05) is 30.3 Å². The lowest BCUT2D eigenvalue weighted by molar-refractivity contribution is -0.0488. The summed E-state index contributed by atoms with van der Waals surface area (Å²) in [5.41, 5.74) is 0. The van der Waals surface area contributed by atoms with Crippen LogP contribution in [0.5, 0.6) is 5.75 Å². The van der Waals surface area contributed by atoms with Gasteiger partial charge in [0.1, 0.15) is 17.3 Å². The highest BCUT2D eigenvalue weighted by Crippen LogP contribution is 2.34. The molecule has 20 heavy (non-hydrogen) atoms. The van der Waals surface area contributed by atoms with Crippen LogP contribution in [-0.4, -0.2) is 18.1 Å². The Balaban J connectivity index is 2.05. The van der Waals surface area contributed by atoms with Gasteiger partial charge in [-0.3, -0.25) is 0 Å². The average molecular weight is 295 g/mol. The number of alkyl halides is 2. The van der Waals surface area contributed by atoms with Crippen LogP contribution >= 0.6 is 0 Å². The van der Waals surface area contributed by atoms with Crippen LogP contribution < -0.4 is 4.74 Å². The summed E-state index contributed by atoms with van der Waals surface area (Å²) < 4.78 is 29.6. The molecular formula is C16H17F2OS+. The summed E-state index contributed by atoms with van der Waals surface area (Å²) in [5, 5.41) is 1.86. The number of hydrogen-bond donors (Lipinski definition) is 0. The summed E-state index contributed by atoms with van der Waals surface area (Å²) in [6, 6.07) is 11.4. The Kier molecular flexibility index (Phi) is 4.10. The van der Waals surface area contributed by atoms with E-state index in [0.29, 0.717) is 0 Å². The molecule has 106 valence electrons. The van der Waals surface area contributed by atoms with Gasteiger partial charge in [-0.05, 0) is 37.5 Å². The molecule has 0 radical (unpaired) electrons. The Morgan fingerprint density at radius 2 is 1.60 bits per heavy atom. The van der Waals surface area contributed by atoms with Gasteiger partial charge < -0.3 is 4.74 Å². The first-order valence-corrected chi connectivity index (χ1v) is 8.46. The van der Waals surface area contributed by atoms with Crippen molar-refractivity contribution in [3.05, 3.63) is 36.4 Å². The van der Waals surface area contributed by atoms with Gasteiger partial charge in [-0.2, -0.15) is 8.78 Å². The molecule has 0 atom stereocenters. The van der Waals surface area contributed by atoms with Gasteiger partial charge in [-0.25, -0.2) is 0 Å². The molecule has 4 heteroatoms. The van der Waals surface area contributed by atoms with Gasteiger partial charge in [0.15, 0.2) is 4.90 Å². The number of benzene rings is 2. The van der Waals surface area contributed by atoms with Gasteiger partial charge in [0, 0.05) is 21.7 Å². The maximum atomic E-state index is 12.5. The van der Waals surface area contributed by atoms with Crippen LogP contribution in [0.2, 0.25) is 0 Å². The molecule has 1 saturated heterocycles. The highest BCUT2D eigenvalue weighted by atomic mass is 32.2. The summed E-state index contributed by atoms with van der Waals surface area (Å²) in [6.07, 6.45) is 3.85. The van der Waals surface area contributed by atoms with E-state index in [4.69, 9.17) is 0 Å². The van der Waals surface area contributed by atoms with Crippen LogP contribution in [0.4, 0.5) is 8.78 Å². The molecule has 1 nitrogen and oxygen atoms in total. The smallest absolute Gasteiger partial charge is 0.387 e. The molecule has 2 aromatic rings. The molecule has 0 spiro atoms. The van der Waals surface area contributed by atoms with Crippen molar-refractivity contribution in [3.8, 4) is 5.75 Å². The first-order valence-electron chi connectivity index (χ1n) is 6.90. The Labute approximate surface area is 120 Å². The maximum Gasteiger partial charge on any atom is 0.387 e. The second-order valence-electron chi connectivity index (χ2n) is 4.95. The first-order chi connectivity index (χ1) is 9.75. The molecule has 1 fully saturated rings. The standard InChI is InChI=1S/C16H17F2OS/c17-16(18)19-14-8-9-15(20-10-4-1-5-11-20)13-7-3-2-6-12(13)14/h2-3,6-9,16H,1,4-5,10-11H2/q+1. The third-order valence-electron chi connectivity index (χ3n) is 3.65. The van der Waals surface area contributed by atoms with Crippen LogP contribution in [-0.2, 0) is 10.9 Å². The number of halogens is 2. The van der Waals surface area contributed by atoms with Crippen molar-refractivity contribution in [1.82, 2.24) is 0 Å². The molecule has 0 bridgehead atoms. The van der Waals surface area contributed by atoms with Crippen molar-refractivity contribution in [1.29, 1.82) is 0 Å².